The van der Waals surface area contributed by atoms with E-state index in [9.17, 15) is 13.2 Å². The molecule has 0 spiro atoms. The number of aryl methyl sites for hydroxylation is 1. The summed E-state index contributed by atoms with van der Waals surface area (Å²) in [6.45, 7) is 5.65. The molecular formula is C23H30N2O4S. The predicted molar refractivity (Wildman–Crippen MR) is 118 cm³/mol. The third kappa shape index (κ3) is 5.83. The van der Waals surface area contributed by atoms with Crippen LogP contribution in [-0.4, -0.2) is 44.9 Å². The molecule has 162 valence electrons. The summed E-state index contributed by atoms with van der Waals surface area (Å²) >= 11 is 0. The monoisotopic (exact) mass is 430 g/mol. The van der Waals surface area contributed by atoms with Crippen molar-refractivity contribution in [1.29, 1.82) is 0 Å². The highest BCUT2D eigenvalue weighted by atomic mass is 32.2. The zero-order chi connectivity index (χ0) is 21.6. The first-order valence-corrected chi connectivity index (χ1v) is 12.0. The van der Waals surface area contributed by atoms with Gasteiger partial charge in [-0.15, -0.1) is 0 Å². The summed E-state index contributed by atoms with van der Waals surface area (Å²) in [5.41, 5.74) is 3.06. The van der Waals surface area contributed by atoms with E-state index in [1.807, 2.05) is 62.4 Å². The highest BCUT2D eigenvalue weighted by molar-refractivity contribution is 7.88. The van der Waals surface area contributed by atoms with Crippen LogP contribution in [0.25, 0.3) is 0 Å². The van der Waals surface area contributed by atoms with Crippen molar-refractivity contribution in [2.45, 2.75) is 32.4 Å². The first-order valence-electron chi connectivity index (χ1n) is 10.4. The Bertz CT molecular complexity index is 952. The number of hydrogen-bond acceptors (Lipinski definition) is 4. The van der Waals surface area contributed by atoms with Gasteiger partial charge in [-0.3, -0.25) is 4.79 Å². The van der Waals surface area contributed by atoms with Crippen molar-refractivity contribution in [3.8, 4) is 5.75 Å². The van der Waals surface area contributed by atoms with E-state index in [2.05, 4.69) is 5.32 Å². The van der Waals surface area contributed by atoms with Crippen LogP contribution in [0.1, 0.15) is 29.5 Å². The predicted octanol–water partition coefficient (Wildman–Crippen LogP) is 3.04. The van der Waals surface area contributed by atoms with E-state index in [1.165, 1.54) is 9.87 Å². The fraction of sp³-hybridized carbons (Fsp3) is 0.435. The lowest BCUT2D eigenvalue weighted by Crippen LogP contribution is -2.43. The molecule has 7 heteroatoms. The molecule has 0 unspecified atom stereocenters. The molecule has 6 nitrogen and oxygen atoms in total. The SMILES string of the molecule is Cc1cccc(OCCNC(=O)C2CCN(S(=O)(=O)Cc3ccccc3)CC2)c1C. The van der Waals surface area contributed by atoms with Crippen LogP contribution >= 0.6 is 0 Å². The fourth-order valence-corrected chi connectivity index (χ4v) is 5.20. The van der Waals surface area contributed by atoms with Gasteiger partial charge in [0.15, 0.2) is 0 Å². The highest BCUT2D eigenvalue weighted by Gasteiger charge is 2.31. The first kappa shape index (κ1) is 22.3. The molecule has 0 atom stereocenters. The number of hydrogen-bond donors (Lipinski definition) is 1. The normalized spacial score (nSPS) is 15.7. The van der Waals surface area contributed by atoms with Crippen LogP contribution in [0.15, 0.2) is 48.5 Å². The molecule has 1 N–H and O–H groups in total. The number of amides is 1. The zero-order valence-electron chi connectivity index (χ0n) is 17.6. The maximum Gasteiger partial charge on any atom is 0.223 e. The van der Waals surface area contributed by atoms with Gasteiger partial charge in [0.1, 0.15) is 12.4 Å². The Morgan fingerprint density at radius 2 is 1.77 bits per heavy atom. The summed E-state index contributed by atoms with van der Waals surface area (Å²) < 4.78 is 32.6. The minimum Gasteiger partial charge on any atom is -0.491 e. The summed E-state index contributed by atoms with van der Waals surface area (Å²) in [5, 5.41) is 2.92. The third-order valence-electron chi connectivity index (χ3n) is 5.62. The van der Waals surface area contributed by atoms with E-state index in [4.69, 9.17) is 4.74 Å². The van der Waals surface area contributed by atoms with Gasteiger partial charge in [0.05, 0.1) is 12.3 Å². The fourth-order valence-electron chi connectivity index (χ4n) is 3.63. The van der Waals surface area contributed by atoms with Crippen LogP contribution in [0.2, 0.25) is 0 Å². The first-order chi connectivity index (χ1) is 14.4. The Morgan fingerprint density at radius 1 is 1.07 bits per heavy atom. The number of sulfonamides is 1. The summed E-state index contributed by atoms with van der Waals surface area (Å²) in [6, 6.07) is 15.1. The Labute approximate surface area is 179 Å². The topological polar surface area (TPSA) is 75.7 Å². The maximum atomic E-state index is 12.6. The third-order valence-corrected chi connectivity index (χ3v) is 7.47. The van der Waals surface area contributed by atoms with Crippen molar-refractivity contribution in [2.75, 3.05) is 26.2 Å². The number of benzene rings is 2. The minimum absolute atomic E-state index is 0.000416. The molecule has 3 rings (SSSR count). The van der Waals surface area contributed by atoms with E-state index in [-0.39, 0.29) is 17.6 Å². The number of rotatable bonds is 8. The molecule has 0 radical (unpaired) electrons. The lowest BCUT2D eigenvalue weighted by atomic mass is 9.97. The summed E-state index contributed by atoms with van der Waals surface area (Å²) in [7, 11) is -3.36. The molecule has 0 saturated carbocycles. The van der Waals surface area contributed by atoms with E-state index in [0.717, 1.165) is 16.9 Å². The van der Waals surface area contributed by atoms with E-state index < -0.39 is 10.0 Å². The van der Waals surface area contributed by atoms with Gasteiger partial charge in [-0.25, -0.2) is 12.7 Å². The quantitative estimate of drug-likeness (QED) is 0.653. The van der Waals surface area contributed by atoms with Gasteiger partial charge in [-0.05, 0) is 49.4 Å². The minimum atomic E-state index is -3.36. The molecule has 0 bridgehead atoms. The highest BCUT2D eigenvalue weighted by Crippen LogP contribution is 2.22. The van der Waals surface area contributed by atoms with Crippen molar-refractivity contribution in [3.05, 3.63) is 65.2 Å². The number of carbonyl (C=O) groups excluding carboxylic acids is 1. The molecule has 0 aliphatic carbocycles. The lowest BCUT2D eigenvalue weighted by molar-refractivity contribution is -0.126. The molecule has 1 aliphatic heterocycles. The van der Waals surface area contributed by atoms with Gasteiger partial charge in [-0.1, -0.05) is 42.5 Å². The van der Waals surface area contributed by atoms with Crippen molar-refractivity contribution in [2.24, 2.45) is 5.92 Å². The molecular weight excluding hydrogens is 400 g/mol. The van der Waals surface area contributed by atoms with Gasteiger partial charge >= 0.3 is 0 Å². The van der Waals surface area contributed by atoms with Gasteiger partial charge in [0.2, 0.25) is 15.9 Å². The van der Waals surface area contributed by atoms with Crippen LogP contribution in [0.3, 0.4) is 0 Å². The Balaban J connectivity index is 1.41. The van der Waals surface area contributed by atoms with E-state index in [0.29, 0.717) is 39.1 Å². The second kappa shape index (κ2) is 10.1. The molecule has 1 heterocycles. The standard InChI is InChI=1S/C23H30N2O4S/c1-18-7-6-10-22(19(18)2)29-16-13-24-23(26)21-11-14-25(15-12-21)30(27,28)17-20-8-4-3-5-9-20/h3-10,21H,11-17H2,1-2H3,(H,24,26). The number of ether oxygens (including phenoxy) is 1. The van der Waals surface area contributed by atoms with Gasteiger partial charge in [-0.2, -0.15) is 0 Å². The Morgan fingerprint density at radius 3 is 2.47 bits per heavy atom. The van der Waals surface area contributed by atoms with Crippen molar-refractivity contribution >= 4 is 15.9 Å². The largest absolute Gasteiger partial charge is 0.491 e. The van der Waals surface area contributed by atoms with Crippen LogP contribution in [0.5, 0.6) is 5.75 Å². The number of piperidine rings is 1. The van der Waals surface area contributed by atoms with Gasteiger partial charge < -0.3 is 10.1 Å². The Kier molecular flexibility index (Phi) is 7.50. The van der Waals surface area contributed by atoms with Crippen LogP contribution < -0.4 is 10.1 Å². The van der Waals surface area contributed by atoms with Crippen molar-refractivity contribution < 1.29 is 17.9 Å². The van der Waals surface area contributed by atoms with Gasteiger partial charge in [0.25, 0.3) is 0 Å². The second-order valence-electron chi connectivity index (χ2n) is 7.75. The number of nitrogens with zero attached hydrogens (tertiary/aromatic N) is 1. The molecule has 1 amide bonds. The lowest BCUT2D eigenvalue weighted by Gasteiger charge is -2.30. The maximum absolute atomic E-state index is 12.6. The van der Waals surface area contributed by atoms with Crippen molar-refractivity contribution in [3.63, 3.8) is 0 Å². The molecule has 0 aromatic heterocycles. The number of carbonyl (C=O) groups is 1. The average molecular weight is 431 g/mol. The molecule has 2 aromatic carbocycles. The molecule has 1 saturated heterocycles. The zero-order valence-corrected chi connectivity index (χ0v) is 18.5. The summed E-state index contributed by atoms with van der Waals surface area (Å²) in [5.74, 6) is 0.648. The second-order valence-corrected chi connectivity index (χ2v) is 9.72. The van der Waals surface area contributed by atoms with E-state index >= 15 is 0 Å². The van der Waals surface area contributed by atoms with Gasteiger partial charge in [0, 0.05) is 19.0 Å². The van der Waals surface area contributed by atoms with Crippen LogP contribution in [0.4, 0.5) is 0 Å². The number of nitrogens with one attached hydrogen (secondary N) is 1. The molecule has 2 aromatic rings. The summed E-state index contributed by atoms with van der Waals surface area (Å²) in [4.78, 5) is 12.4. The van der Waals surface area contributed by atoms with Crippen LogP contribution in [0, 0.1) is 19.8 Å². The molecule has 30 heavy (non-hydrogen) atoms. The van der Waals surface area contributed by atoms with Crippen molar-refractivity contribution in [1.82, 2.24) is 9.62 Å². The Hall–Kier alpha value is -2.38. The molecule has 1 fully saturated rings. The van der Waals surface area contributed by atoms with Crippen LogP contribution in [-0.2, 0) is 20.6 Å². The average Bonchev–Trinajstić information content (AvgIpc) is 2.74. The van der Waals surface area contributed by atoms with E-state index in [1.54, 1.807) is 0 Å². The summed E-state index contributed by atoms with van der Waals surface area (Å²) in [6.07, 6.45) is 1.08. The smallest absolute Gasteiger partial charge is 0.223 e. The molecule has 1 aliphatic rings.